The molecule has 7 heteroatoms. The molecule has 0 aromatic heterocycles. The van der Waals surface area contributed by atoms with E-state index in [9.17, 15) is 9.59 Å². The molecule has 1 heterocycles. The van der Waals surface area contributed by atoms with Crippen molar-refractivity contribution in [1.29, 1.82) is 0 Å². The number of hydrogen-bond donors (Lipinski definition) is 1. The molecular weight excluding hydrogens is 463 g/mol. The molecule has 1 aliphatic rings. The van der Waals surface area contributed by atoms with Crippen LogP contribution in [0.4, 0.5) is 11.4 Å². The van der Waals surface area contributed by atoms with Gasteiger partial charge in [-0.25, -0.2) is 4.90 Å². The van der Waals surface area contributed by atoms with E-state index in [1.807, 2.05) is 57.2 Å². The van der Waals surface area contributed by atoms with Crippen molar-refractivity contribution < 1.29 is 9.59 Å². The number of thioether (sulfide) groups is 1. The lowest BCUT2D eigenvalue weighted by Crippen LogP contribution is -2.33. The van der Waals surface area contributed by atoms with Gasteiger partial charge in [0.2, 0.25) is 0 Å². The molecule has 0 atom stereocenters. The van der Waals surface area contributed by atoms with Gasteiger partial charge in [0.05, 0.1) is 15.7 Å². The average Bonchev–Trinajstić information content (AvgIpc) is 2.97. The van der Waals surface area contributed by atoms with Crippen LogP contribution in [0.15, 0.2) is 76.2 Å². The van der Waals surface area contributed by atoms with Gasteiger partial charge in [-0.05, 0) is 62.7 Å². The van der Waals surface area contributed by atoms with Crippen LogP contribution in [0.5, 0.6) is 0 Å². The number of benzene rings is 3. The van der Waals surface area contributed by atoms with Gasteiger partial charge in [-0.3, -0.25) is 9.59 Å². The fourth-order valence-corrected chi connectivity index (χ4v) is 4.66. The van der Waals surface area contributed by atoms with Crippen LogP contribution in [-0.2, 0) is 9.59 Å². The molecule has 0 bridgehead atoms. The number of nitrogens with one attached hydrogen (secondary N) is 1. The van der Waals surface area contributed by atoms with Crippen LogP contribution in [0.25, 0.3) is 0 Å². The number of anilines is 2. The van der Waals surface area contributed by atoms with Crippen molar-refractivity contribution in [3.63, 3.8) is 0 Å². The molecule has 0 saturated carbocycles. The van der Waals surface area contributed by atoms with E-state index in [0.717, 1.165) is 21.6 Å². The van der Waals surface area contributed by atoms with E-state index in [-0.39, 0.29) is 11.6 Å². The van der Waals surface area contributed by atoms with Gasteiger partial charge in [0.15, 0.2) is 0 Å². The lowest BCUT2D eigenvalue weighted by atomic mass is 10.1. The van der Waals surface area contributed by atoms with Crippen molar-refractivity contribution in [2.24, 2.45) is 0 Å². The molecule has 32 heavy (non-hydrogen) atoms. The molecular formula is C25H20Cl2N2O2S. The van der Waals surface area contributed by atoms with Gasteiger partial charge < -0.3 is 5.32 Å². The molecule has 4 nitrogen and oxygen atoms in total. The summed E-state index contributed by atoms with van der Waals surface area (Å²) in [5.74, 6) is -0.780. The number of imide groups is 1. The third-order valence-electron chi connectivity index (χ3n) is 5.06. The Labute approximate surface area is 201 Å². The van der Waals surface area contributed by atoms with Gasteiger partial charge in [-0.15, -0.1) is 0 Å². The minimum Gasteiger partial charge on any atom is -0.350 e. The lowest BCUT2D eigenvalue weighted by molar-refractivity contribution is -0.120. The summed E-state index contributed by atoms with van der Waals surface area (Å²) in [6, 6.07) is 18.4. The molecule has 0 radical (unpaired) electrons. The van der Waals surface area contributed by atoms with Crippen LogP contribution in [0.1, 0.15) is 16.7 Å². The highest BCUT2D eigenvalue weighted by Gasteiger charge is 2.40. The number of hydrogen-bond acceptors (Lipinski definition) is 4. The van der Waals surface area contributed by atoms with Gasteiger partial charge in [-0.2, -0.15) is 0 Å². The molecule has 1 N–H and O–H groups in total. The van der Waals surface area contributed by atoms with E-state index in [4.69, 9.17) is 23.2 Å². The molecule has 0 aliphatic carbocycles. The predicted molar refractivity (Wildman–Crippen MR) is 133 cm³/mol. The topological polar surface area (TPSA) is 49.4 Å². The number of carbonyl (C=O) groups excluding carboxylic acids is 2. The van der Waals surface area contributed by atoms with Crippen molar-refractivity contribution in [1.82, 2.24) is 0 Å². The zero-order chi connectivity index (χ0) is 23.0. The van der Waals surface area contributed by atoms with E-state index < -0.39 is 5.91 Å². The Bertz CT molecular complexity index is 1270. The minimum atomic E-state index is -0.414. The van der Waals surface area contributed by atoms with Crippen LogP contribution in [0.3, 0.4) is 0 Å². The first-order chi connectivity index (χ1) is 15.2. The monoisotopic (exact) mass is 482 g/mol. The molecule has 3 aromatic carbocycles. The van der Waals surface area contributed by atoms with Crippen LogP contribution < -0.4 is 10.2 Å². The first-order valence-electron chi connectivity index (χ1n) is 9.91. The highest BCUT2D eigenvalue weighted by molar-refractivity contribution is 8.04. The number of nitrogens with zero attached hydrogens (tertiary/aromatic N) is 1. The highest BCUT2D eigenvalue weighted by Crippen LogP contribution is 2.39. The molecule has 2 amide bonds. The Balaban J connectivity index is 1.77. The Morgan fingerprint density at radius 2 is 1.47 bits per heavy atom. The molecule has 162 valence electrons. The molecule has 1 aliphatic heterocycles. The fraction of sp³-hybridized carbons (Fsp3) is 0.120. The average molecular weight is 483 g/mol. The molecule has 0 saturated heterocycles. The largest absolute Gasteiger partial charge is 0.350 e. The minimum absolute atomic E-state index is 0.207. The third-order valence-corrected chi connectivity index (χ3v) is 6.89. The lowest BCUT2D eigenvalue weighted by Gasteiger charge is -2.18. The Morgan fingerprint density at radius 3 is 2.12 bits per heavy atom. The van der Waals surface area contributed by atoms with Crippen LogP contribution in [-0.4, -0.2) is 11.8 Å². The third kappa shape index (κ3) is 4.42. The van der Waals surface area contributed by atoms with Gasteiger partial charge in [-0.1, -0.05) is 70.4 Å². The van der Waals surface area contributed by atoms with Gasteiger partial charge in [0.1, 0.15) is 10.6 Å². The maximum absolute atomic E-state index is 13.5. The molecule has 0 spiro atoms. The normalized spacial score (nSPS) is 13.8. The van der Waals surface area contributed by atoms with E-state index in [2.05, 4.69) is 5.32 Å². The van der Waals surface area contributed by atoms with Crippen LogP contribution in [0, 0.1) is 20.8 Å². The molecule has 0 unspecified atom stereocenters. The summed E-state index contributed by atoms with van der Waals surface area (Å²) in [6.07, 6.45) is 0. The van der Waals surface area contributed by atoms with E-state index in [0.29, 0.717) is 26.3 Å². The van der Waals surface area contributed by atoms with Gasteiger partial charge >= 0.3 is 0 Å². The summed E-state index contributed by atoms with van der Waals surface area (Å²) < 4.78 is 0. The second kappa shape index (κ2) is 9.02. The first-order valence-corrected chi connectivity index (χ1v) is 11.5. The second-order valence-electron chi connectivity index (χ2n) is 7.61. The highest BCUT2D eigenvalue weighted by atomic mass is 35.5. The fourth-order valence-electron chi connectivity index (χ4n) is 3.43. The smallest absolute Gasteiger partial charge is 0.283 e. The van der Waals surface area contributed by atoms with Crippen molar-refractivity contribution in [2.45, 2.75) is 25.7 Å². The summed E-state index contributed by atoms with van der Waals surface area (Å²) in [6.45, 7) is 5.86. The van der Waals surface area contributed by atoms with Crippen molar-refractivity contribution in [3.8, 4) is 0 Å². The van der Waals surface area contributed by atoms with Crippen molar-refractivity contribution in [2.75, 3.05) is 10.2 Å². The van der Waals surface area contributed by atoms with E-state index in [1.54, 1.807) is 24.3 Å². The summed E-state index contributed by atoms with van der Waals surface area (Å²) in [7, 11) is 0. The van der Waals surface area contributed by atoms with Crippen LogP contribution >= 0.6 is 35.0 Å². The number of aryl methyl sites for hydroxylation is 3. The van der Waals surface area contributed by atoms with Crippen LogP contribution in [0.2, 0.25) is 10.0 Å². The van der Waals surface area contributed by atoms with Gasteiger partial charge in [0, 0.05) is 10.6 Å². The standard InChI is InChI=1S/C25H20Cl2N2O2S/c1-14-4-8-18(9-5-14)32-23-22(28-17-7-10-19(26)20(27)13-17)24(30)29(25(23)31)21-11-6-15(2)12-16(21)3/h4-13,28H,1-3H3. The maximum atomic E-state index is 13.5. The Hall–Kier alpha value is -2.73. The summed E-state index contributed by atoms with van der Waals surface area (Å²) >= 11 is 13.4. The first kappa shape index (κ1) is 22.5. The molecule has 0 fully saturated rings. The number of halogens is 2. The second-order valence-corrected chi connectivity index (χ2v) is 9.51. The van der Waals surface area contributed by atoms with Crippen molar-refractivity contribution in [3.05, 3.63) is 98.0 Å². The SMILES string of the molecule is Cc1ccc(SC2=C(Nc3ccc(Cl)c(Cl)c3)C(=O)N(c3ccc(C)cc3C)C2=O)cc1. The summed E-state index contributed by atoms with van der Waals surface area (Å²) in [5.41, 5.74) is 4.37. The maximum Gasteiger partial charge on any atom is 0.283 e. The molecule has 3 aromatic rings. The van der Waals surface area contributed by atoms with Gasteiger partial charge in [0.25, 0.3) is 11.8 Å². The Morgan fingerprint density at radius 1 is 0.781 bits per heavy atom. The van der Waals surface area contributed by atoms with Crippen molar-refractivity contribution >= 4 is 58.2 Å². The summed E-state index contributed by atoms with van der Waals surface area (Å²) in [4.78, 5) is 29.4. The number of amides is 2. The van der Waals surface area contributed by atoms with E-state index in [1.165, 1.54) is 16.7 Å². The van der Waals surface area contributed by atoms with E-state index >= 15 is 0 Å². The predicted octanol–water partition coefficient (Wildman–Crippen LogP) is 6.91. The Kier molecular flexibility index (Phi) is 6.33. The zero-order valence-electron chi connectivity index (χ0n) is 17.7. The number of rotatable bonds is 5. The number of carbonyl (C=O) groups is 2. The molecule has 4 rings (SSSR count). The summed E-state index contributed by atoms with van der Waals surface area (Å²) in [5, 5.41) is 3.87. The quantitative estimate of drug-likeness (QED) is 0.401. The zero-order valence-corrected chi connectivity index (χ0v) is 20.0.